The highest BCUT2D eigenvalue weighted by Crippen LogP contribution is 2.25. The number of benzene rings is 1. The molecular weight excluding hydrogens is 328 g/mol. The molecule has 1 heterocycles. The van der Waals surface area contributed by atoms with Crippen LogP contribution in [0.15, 0.2) is 47.4 Å². The van der Waals surface area contributed by atoms with Crippen LogP contribution in [0, 0.1) is 5.82 Å². The van der Waals surface area contributed by atoms with Crippen LogP contribution in [0.25, 0.3) is 0 Å². The van der Waals surface area contributed by atoms with Gasteiger partial charge in [-0.2, -0.15) is 13.2 Å². The van der Waals surface area contributed by atoms with Gasteiger partial charge >= 0.3 is 6.18 Å². The molecular formula is C16H14F4N2O2. The van der Waals surface area contributed by atoms with Crippen LogP contribution in [0.1, 0.15) is 11.1 Å². The van der Waals surface area contributed by atoms with Gasteiger partial charge in [0.2, 0.25) is 5.91 Å². The largest absolute Gasteiger partial charge is 0.421 e. The summed E-state index contributed by atoms with van der Waals surface area (Å²) < 4.78 is 51.7. The van der Waals surface area contributed by atoms with Gasteiger partial charge in [-0.25, -0.2) is 4.39 Å². The first-order valence-corrected chi connectivity index (χ1v) is 6.93. The topological polar surface area (TPSA) is 42.3 Å². The molecule has 0 spiro atoms. The third kappa shape index (κ3) is 4.21. The standard InChI is InChI=1S/C16H14F4N2O2/c1-21(9-11-4-6-12(17)7-5-11)14(23)10-22-8-2-3-13(15(22)24)16(18,19)20/h2-8H,9-10H2,1H3. The van der Waals surface area contributed by atoms with Crippen molar-refractivity contribution in [2.75, 3.05) is 7.05 Å². The Morgan fingerprint density at radius 3 is 2.38 bits per heavy atom. The van der Waals surface area contributed by atoms with Gasteiger partial charge < -0.3 is 9.47 Å². The molecule has 24 heavy (non-hydrogen) atoms. The number of pyridine rings is 1. The molecule has 2 rings (SSSR count). The normalized spacial score (nSPS) is 11.4. The Hall–Kier alpha value is -2.64. The lowest BCUT2D eigenvalue weighted by atomic mass is 10.2. The molecule has 0 fully saturated rings. The smallest absolute Gasteiger partial charge is 0.340 e. The molecule has 0 saturated carbocycles. The lowest BCUT2D eigenvalue weighted by Crippen LogP contribution is -2.35. The number of alkyl halides is 3. The first-order valence-electron chi connectivity index (χ1n) is 6.93. The van der Waals surface area contributed by atoms with E-state index >= 15 is 0 Å². The molecule has 0 unspecified atom stereocenters. The highest BCUT2D eigenvalue weighted by atomic mass is 19.4. The fourth-order valence-electron chi connectivity index (χ4n) is 2.10. The molecule has 128 valence electrons. The molecule has 4 nitrogen and oxygen atoms in total. The summed E-state index contributed by atoms with van der Waals surface area (Å²) in [6, 6.07) is 7.21. The van der Waals surface area contributed by atoms with Gasteiger partial charge in [0, 0.05) is 19.8 Å². The van der Waals surface area contributed by atoms with Crippen LogP contribution in [0.5, 0.6) is 0 Å². The summed E-state index contributed by atoms with van der Waals surface area (Å²) in [4.78, 5) is 25.2. The number of halogens is 4. The summed E-state index contributed by atoms with van der Waals surface area (Å²) in [5, 5.41) is 0. The summed E-state index contributed by atoms with van der Waals surface area (Å²) in [5.41, 5.74) is -1.93. The quantitative estimate of drug-likeness (QED) is 0.802. The van der Waals surface area contributed by atoms with Crippen molar-refractivity contribution >= 4 is 5.91 Å². The van der Waals surface area contributed by atoms with Gasteiger partial charge in [-0.1, -0.05) is 12.1 Å². The molecule has 0 N–H and O–H groups in total. The van der Waals surface area contributed by atoms with E-state index in [4.69, 9.17) is 0 Å². The van der Waals surface area contributed by atoms with E-state index in [1.165, 1.54) is 36.2 Å². The minimum atomic E-state index is -4.77. The predicted molar refractivity (Wildman–Crippen MR) is 78.6 cm³/mol. The fraction of sp³-hybridized carbons (Fsp3) is 0.250. The van der Waals surface area contributed by atoms with Crippen LogP contribution in [0.2, 0.25) is 0 Å². The van der Waals surface area contributed by atoms with Gasteiger partial charge in [-0.05, 0) is 29.8 Å². The van der Waals surface area contributed by atoms with Gasteiger partial charge in [-0.15, -0.1) is 0 Å². The van der Waals surface area contributed by atoms with Crippen molar-refractivity contribution in [3.63, 3.8) is 0 Å². The second-order valence-electron chi connectivity index (χ2n) is 5.23. The number of amides is 1. The molecule has 8 heteroatoms. The third-order valence-corrected chi connectivity index (χ3v) is 3.39. The number of hydrogen-bond acceptors (Lipinski definition) is 2. The zero-order chi connectivity index (χ0) is 17.9. The Morgan fingerprint density at radius 2 is 1.79 bits per heavy atom. The third-order valence-electron chi connectivity index (χ3n) is 3.39. The van der Waals surface area contributed by atoms with Crippen LogP contribution in [0.3, 0.4) is 0 Å². The molecule has 0 radical (unpaired) electrons. The number of nitrogens with zero attached hydrogens (tertiary/aromatic N) is 2. The van der Waals surface area contributed by atoms with Gasteiger partial charge in [0.05, 0.1) is 0 Å². The van der Waals surface area contributed by atoms with Crippen molar-refractivity contribution in [2.45, 2.75) is 19.3 Å². The van der Waals surface area contributed by atoms with Crippen LogP contribution in [-0.4, -0.2) is 22.4 Å². The molecule has 1 amide bonds. The van der Waals surface area contributed by atoms with Crippen molar-refractivity contribution in [1.29, 1.82) is 0 Å². The molecule has 0 bridgehead atoms. The molecule has 0 saturated heterocycles. The van der Waals surface area contributed by atoms with Crippen LogP contribution in [-0.2, 0) is 24.1 Å². The van der Waals surface area contributed by atoms with Crippen LogP contribution in [0.4, 0.5) is 17.6 Å². The Kier molecular flexibility index (Phi) is 5.06. The molecule has 0 aliphatic carbocycles. The monoisotopic (exact) mass is 342 g/mol. The van der Waals surface area contributed by atoms with Crippen molar-refractivity contribution < 1.29 is 22.4 Å². The summed E-state index contributed by atoms with van der Waals surface area (Å²) in [6.45, 7) is -0.368. The maximum Gasteiger partial charge on any atom is 0.421 e. The Bertz CT molecular complexity index is 782. The average molecular weight is 342 g/mol. The van der Waals surface area contributed by atoms with E-state index in [-0.39, 0.29) is 6.54 Å². The Balaban J connectivity index is 2.12. The molecule has 0 atom stereocenters. The van der Waals surface area contributed by atoms with E-state index in [9.17, 15) is 27.2 Å². The van der Waals surface area contributed by atoms with Crippen molar-refractivity contribution in [1.82, 2.24) is 9.47 Å². The number of hydrogen-bond donors (Lipinski definition) is 0. The first kappa shape index (κ1) is 17.7. The minimum absolute atomic E-state index is 0.146. The van der Waals surface area contributed by atoms with Crippen LogP contribution < -0.4 is 5.56 Å². The summed E-state index contributed by atoms with van der Waals surface area (Å²) in [7, 11) is 1.45. The van der Waals surface area contributed by atoms with E-state index in [2.05, 4.69) is 0 Å². The van der Waals surface area contributed by atoms with Gasteiger partial charge in [-0.3, -0.25) is 9.59 Å². The zero-order valence-electron chi connectivity index (χ0n) is 12.7. The summed E-state index contributed by atoms with van der Waals surface area (Å²) >= 11 is 0. The van der Waals surface area contributed by atoms with Crippen molar-refractivity contribution in [3.05, 3.63) is 69.9 Å². The molecule has 2 aromatic rings. The molecule has 0 aliphatic rings. The lowest BCUT2D eigenvalue weighted by molar-refractivity contribution is -0.139. The highest BCUT2D eigenvalue weighted by Gasteiger charge is 2.34. The van der Waals surface area contributed by atoms with Crippen molar-refractivity contribution in [2.24, 2.45) is 0 Å². The maximum absolute atomic E-state index is 12.8. The van der Waals surface area contributed by atoms with Gasteiger partial charge in [0.1, 0.15) is 17.9 Å². The van der Waals surface area contributed by atoms with E-state index < -0.39 is 35.6 Å². The zero-order valence-corrected chi connectivity index (χ0v) is 12.7. The van der Waals surface area contributed by atoms with Gasteiger partial charge in [0.25, 0.3) is 5.56 Å². The second kappa shape index (κ2) is 6.86. The number of rotatable bonds is 4. The maximum atomic E-state index is 12.8. The van der Waals surface area contributed by atoms with E-state index in [0.717, 1.165) is 12.3 Å². The summed E-state index contributed by atoms with van der Waals surface area (Å²) in [6.07, 6.45) is -3.65. The number of carbonyl (C=O) groups is 1. The van der Waals surface area contributed by atoms with Gasteiger partial charge in [0.15, 0.2) is 0 Å². The summed E-state index contributed by atoms with van der Waals surface area (Å²) in [5.74, 6) is -0.955. The minimum Gasteiger partial charge on any atom is -0.340 e. The highest BCUT2D eigenvalue weighted by molar-refractivity contribution is 5.75. The number of likely N-dealkylation sites (N-methyl/N-ethyl adjacent to an activating group) is 1. The van der Waals surface area contributed by atoms with E-state index in [0.29, 0.717) is 16.2 Å². The average Bonchev–Trinajstić information content (AvgIpc) is 2.50. The van der Waals surface area contributed by atoms with Crippen molar-refractivity contribution in [3.8, 4) is 0 Å². The number of carbonyl (C=O) groups excluding carboxylic acids is 1. The van der Waals surface area contributed by atoms with E-state index in [1.807, 2.05) is 0 Å². The second-order valence-corrected chi connectivity index (χ2v) is 5.23. The lowest BCUT2D eigenvalue weighted by Gasteiger charge is -2.18. The molecule has 0 aliphatic heterocycles. The predicted octanol–water partition coefficient (Wildman–Crippen LogP) is 2.66. The first-order chi connectivity index (χ1) is 11.2. The fourth-order valence-corrected chi connectivity index (χ4v) is 2.10. The Labute approximate surface area is 134 Å². The number of aromatic nitrogens is 1. The van der Waals surface area contributed by atoms with Crippen LogP contribution >= 0.6 is 0 Å². The Morgan fingerprint density at radius 1 is 1.17 bits per heavy atom. The van der Waals surface area contributed by atoms with E-state index in [1.54, 1.807) is 0 Å². The molecule has 1 aromatic heterocycles. The molecule has 1 aromatic carbocycles. The SMILES string of the molecule is CN(Cc1ccc(F)cc1)C(=O)Cn1cccc(C(F)(F)F)c1=O.